The minimum Gasteiger partial charge on any atom is -0.465 e. The van der Waals surface area contributed by atoms with Gasteiger partial charge < -0.3 is 9.47 Å². The van der Waals surface area contributed by atoms with E-state index < -0.39 is 0 Å². The van der Waals surface area contributed by atoms with Crippen LogP contribution in [0, 0.1) is 11.3 Å². The highest BCUT2D eigenvalue weighted by Crippen LogP contribution is 2.32. The Morgan fingerprint density at radius 2 is 1.52 bits per heavy atom. The molecule has 0 N–H and O–H groups in total. The Labute approximate surface area is 177 Å². The molecular formula is C27H38O2. The third-order valence-electron chi connectivity index (χ3n) is 5.96. The molecule has 0 heterocycles. The lowest BCUT2D eigenvalue weighted by Gasteiger charge is -2.29. The van der Waals surface area contributed by atoms with E-state index in [0.29, 0.717) is 11.8 Å². The van der Waals surface area contributed by atoms with Crippen molar-refractivity contribution >= 4 is 0 Å². The summed E-state index contributed by atoms with van der Waals surface area (Å²) in [6, 6.07) is 17.4. The largest absolute Gasteiger partial charge is 0.465 e. The van der Waals surface area contributed by atoms with E-state index in [2.05, 4.69) is 90.1 Å². The molecule has 0 aliphatic heterocycles. The topological polar surface area (TPSA) is 18.5 Å². The number of benzene rings is 2. The summed E-state index contributed by atoms with van der Waals surface area (Å²) in [5, 5.41) is 0. The van der Waals surface area contributed by atoms with Gasteiger partial charge in [-0.3, -0.25) is 0 Å². The Kier molecular flexibility index (Phi) is 7.05. The predicted molar refractivity (Wildman–Crippen MR) is 122 cm³/mol. The maximum Gasteiger partial charge on any atom is 0.200 e. The first-order valence-electron chi connectivity index (χ1n) is 11.2. The lowest BCUT2D eigenvalue weighted by Crippen LogP contribution is -2.31. The SMILES string of the molecule is CCC(c1ccc(OC(CC(C)(C)C)OC2Cc3ccccc3C2)cc1)C(C)C. The second-order valence-corrected chi connectivity index (χ2v) is 10.1. The summed E-state index contributed by atoms with van der Waals surface area (Å²) in [5.41, 5.74) is 4.36. The fourth-order valence-corrected chi connectivity index (χ4v) is 4.48. The number of hydrogen-bond acceptors (Lipinski definition) is 2. The Morgan fingerprint density at radius 3 is 2.00 bits per heavy atom. The van der Waals surface area contributed by atoms with E-state index in [1.54, 1.807) is 0 Å². The average Bonchev–Trinajstić information content (AvgIpc) is 3.04. The summed E-state index contributed by atoms with van der Waals surface area (Å²) in [6.45, 7) is 13.6. The van der Waals surface area contributed by atoms with E-state index in [1.165, 1.54) is 16.7 Å². The Morgan fingerprint density at radius 1 is 0.931 bits per heavy atom. The molecule has 0 aromatic heterocycles. The van der Waals surface area contributed by atoms with Gasteiger partial charge in [-0.1, -0.05) is 77.9 Å². The Balaban J connectivity index is 1.68. The Bertz CT molecular complexity index is 745. The van der Waals surface area contributed by atoms with Gasteiger partial charge in [0, 0.05) is 6.42 Å². The van der Waals surface area contributed by atoms with Crippen molar-refractivity contribution in [2.45, 2.75) is 85.5 Å². The molecule has 2 aromatic rings. The molecule has 2 atom stereocenters. The van der Waals surface area contributed by atoms with Crippen LogP contribution in [0.15, 0.2) is 48.5 Å². The van der Waals surface area contributed by atoms with E-state index in [1.807, 2.05) is 0 Å². The lowest BCUT2D eigenvalue weighted by molar-refractivity contribution is -0.131. The van der Waals surface area contributed by atoms with Crippen molar-refractivity contribution in [2.24, 2.45) is 11.3 Å². The first kappa shape index (κ1) is 21.9. The van der Waals surface area contributed by atoms with Gasteiger partial charge in [-0.25, -0.2) is 0 Å². The second-order valence-electron chi connectivity index (χ2n) is 10.1. The van der Waals surface area contributed by atoms with Crippen LogP contribution in [0.25, 0.3) is 0 Å². The van der Waals surface area contributed by atoms with Gasteiger partial charge >= 0.3 is 0 Å². The fraction of sp³-hybridized carbons (Fsp3) is 0.556. The highest BCUT2D eigenvalue weighted by Gasteiger charge is 2.28. The van der Waals surface area contributed by atoms with Crippen LogP contribution in [0.1, 0.15) is 77.0 Å². The summed E-state index contributed by atoms with van der Waals surface area (Å²) in [7, 11) is 0. The van der Waals surface area contributed by atoms with Crippen molar-refractivity contribution in [2.75, 3.05) is 0 Å². The van der Waals surface area contributed by atoms with Crippen LogP contribution >= 0.6 is 0 Å². The van der Waals surface area contributed by atoms with E-state index in [9.17, 15) is 0 Å². The number of ether oxygens (including phenoxy) is 2. The molecule has 2 heteroatoms. The van der Waals surface area contributed by atoms with Crippen molar-refractivity contribution in [1.82, 2.24) is 0 Å². The molecule has 2 nitrogen and oxygen atoms in total. The molecule has 0 fully saturated rings. The summed E-state index contributed by atoms with van der Waals surface area (Å²) in [5.74, 6) is 2.15. The minimum absolute atomic E-state index is 0.140. The quantitative estimate of drug-likeness (QED) is 0.442. The van der Waals surface area contributed by atoms with E-state index in [4.69, 9.17) is 9.47 Å². The standard InChI is InChI=1S/C27H38O2/c1-7-25(19(2)3)20-12-14-23(15-13-20)28-26(18-27(4,5)6)29-24-16-21-10-8-9-11-22(21)17-24/h8-15,19,24-26H,7,16-18H2,1-6H3. The molecule has 0 radical (unpaired) electrons. The van der Waals surface area contributed by atoms with Gasteiger partial charge in [0.25, 0.3) is 0 Å². The van der Waals surface area contributed by atoms with Crippen molar-refractivity contribution in [3.05, 3.63) is 65.2 Å². The van der Waals surface area contributed by atoms with Crippen molar-refractivity contribution in [1.29, 1.82) is 0 Å². The zero-order valence-corrected chi connectivity index (χ0v) is 19.1. The van der Waals surface area contributed by atoms with Gasteiger partial charge in [0.15, 0.2) is 0 Å². The summed E-state index contributed by atoms with van der Waals surface area (Å²) >= 11 is 0. The van der Waals surface area contributed by atoms with E-state index >= 15 is 0 Å². The monoisotopic (exact) mass is 394 g/mol. The van der Waals surface area contributed by atoms with Crippen LogP contribution in [0.2, 0.25) is 0 Å². The molecule has 0 spiro atoms. The molecule has 2 aromatic carbocycles. The van der Waals surface area contributed by atoms with Crippen LogP contribution in [0.4, 0.5) is 0 Å². The molecule has 29 heavy (non-hydrogen) atoms. The summed E-state index contributed by atoms with van der Waals surface area (Å²) in [4.78, 5) is 0. The normalized spacial score (nSPS) is 16.7. The number of hydrogen-bond donors (Lipinski definition) is 0. The summed E-state index contributed by atoms with van der Waals surface area (Å²) < 4.78 is 12.8. The Hall–Kier alpha value is -1.80. The van der Waals surface area contributed by atoms with E-state index in [0.717, 1.165) is 31.4 Å². The average molecular weight is 395 g/mol. The second kappa shape index (κ2) is 9.34. The molecule has 2 unspecified atom stereocenters. The van der Waals surface area contributed by atoms with Crippen LogP contribution in [0.5, 0.6) is 5.75 Å². The number of rotatable bonds is 8. The van der Waals surface area contributed by atoms with Gasteiger partial charge in [0.05, 0.1) is 6.10 Å². The lowest BCUT2D eigenvalue weighted by atomic mass is 9.86. The van der Waals surface area contributed by atoms with Crippen LogP contribution in [0.3, 0.4) is 0 Å². The highest BCUT2D eigenvalue weighted by molar-refractivity contribution is 5.33. The molecule has 3 rings (SSSR count). The maximum absolute atomic E-state index is 6.49. The first-order chi connectivity index (χ1) is 13.7. The first-order valence-corrected chi connectivity index (χ1v) is 11.2. The third-order valence-corrected chi connectivity index (χ3v) is 5.96. The van der Waals surface area contributed by atoms with Gasteiger partial charge in [-0.05, 0) is 65.3 Å². The molecule has 0 saturated heterocycles. The molecule has 158 valence electrons. The fourth-order valence-electron chi connectivity index (χ4n) is 4.48. The molecule has 1 aliphatic rings. The molecule has 0 bridgehead atoms. The van der Waals surface area contributed by atoms with Gasteiger partial charge in [-0.15, -0.1) is 0 Å². The predicted octanol–water partition coefficient (Wildman–Crippen LogP) is 7.16. The third kappa shape index (κ3) is 6.09. The molecule has 0 amide bonds. The van der Waals surface area contributed by atoms with Crippen molar-refractivity contribution in [3.63, 3.8) is 0 Å². The van der Waals surface area contributed by atoms with Gasteiger partial charge in [-0.2, -0.15) is 0 Å². The van der Waals surface area contributed by atoms with Gasteiger partial charge in [0.1, 0.15) is 5.75 Å². The maximum atomic E-state index is 6.49. The number of fused-ring (bicyclic) bond motifs is 1. The molecular weight excluding hydrogens is 356 g/mol. The summed E-state index contributed by atoms with van der Waals surface area (Å²) in [6.07, 6.45) is 3.95. The zero-order chi connectivity index (χ0) is 21.0. The van der Waals surface area contributed by atoms with E-state index in [-0.39, 0.29) is 17.8 Å². The van der Waals surface area contributed by atoms with Crippen molar-refractivity contribution in [3.8, 4) is 5.75 Å². The van der Waals surface area contributed by atoms with Crippen molar-refractivity contribution < 1.29 is 9.47 Å². The van der Waals surface area contributed by atoms with Crippen LogP contribution in [-0.4, -0.2) is 12.4 Å². The van der Waals surface area contributed by atoms with Crippen LogP contribution in [-0.2, 0) is 17.6 Å². The van der Waals surface area contributed by atoms with Gasteiger partial charge in [0.2, 0.25) is 6.29 Å². The smallest absolute Gasteiger partial charge is 0.200 e. The minimum atomic E-state index is -0.229. The van der Waals surface area contributed by atoms with Crippen LogP contribution < -0.4 is 4.74 Å². The zero-order valence-electron chi connectivity index (χ0n) is 19.1. The molecule has 0 saturated carbocycles. The molecule has 1 aliphatic carbocycles. The highest BCUT2D eigenvalue weighted by atomic mass is 16.7.